The van der Waals surface area contributed by atoms with Crippen LogP contribution < -0.4 is 10.6 Å². The van der Waals surface area contributed by atoms with Crippen LogP contribution in [0.3, 0.4) is 0 Å². The second-order valence-electron chi connectivity index (χ2n) is 6.90. The zero-order chi connectivity index (χ0) is 21.9. The number of rotatable bonds is 10. The summed E-state index contributed by atoms with van der Waals surface area (Å²) < 4.78 is 4.96. The first kappa shape index (κ1) is 22.8. The molecule has 2 amide bonds. The predicted molar refractivity (Wildman–Crippen MR) is 113 cm³/mol. The van der Waals surface area contributed by atoms with E-state index in [4.69, 9.17) is 4.74 Å². The molecule has 0 radical (unpaired) electrons. The van der Waals surface area contributed by atoms with Crippen molar-refractivity contribution < 1.29 is 23.9 Å². The summed E-state index contributed by atoms with van der Waals surface area (Å²) in [5.74, 6) is -1.20. The minimum Gasteiger partial charge on any atom is -0.456 e. The summed E-state index contributed by atoms with van der Waals surface area (Å²) in [6, 6.07) is 15.9. The lowest BCUT2D eigenvalue weighted by atomic mass is 10.1. The first-order valence-corrected chi connectivity index (χ1v) is 9.76. The Hall–Kier alpha value is -3.48. The molecule has 0 fully saturated rings. The van der Waals surface area contributed by atoms with Crippen molar-refractivity contribution in [3.8, 4) is 0 Å². The lowest BCUT2D eigenvalue weighted by Crippen LogP contribution is -2.31. The van der Waals surface area contributed by atoms with E-state index in [1.807, 2.05) is 37.3 Å². The van der Waals surface area contributed by atoms with Crippen molar-refractivity contribution in [2.75, 3.05) is 11.9 Å². The Kier molecular flexibility index (Phi) is 8.75. The van der Waals surface area contributed by atoms with Gasteiger partial charge in [-0.3, -0.25) is 19.2 Å². The lowest BCUT2D eigenvalue weighted by Gasteiger charge is -2.14. The molecule has 2 aromatic rings. The predicted octanol–water partition coefficient (Wildman–Crippen LogP) is 3.42. The van der Waals surface area contributed by atoms with Gasteiger partial charge in [-0.05, 0) is 50.1 Å². The number of carbonyl (C=O) groups excluding carboxylic acids is 4. The lowest BCUT2D eigenvalue weighted by molar-refractivity contribution is -0.148. The number of benzene rings is 2. The van der Waals surface area contributed by atoms with Crippen LogP contribution in [0.2, 0.25) is 0 Å². The third kappa shape index (κ3) is 7.87. The number of nitrogens with one attached hydrogen (secondary N) is 2. The molecule has 0 heterocycles. The summed E-state index contributed by atoms with van der Waals surface area (Å²) in [6.45, 7) is 2.96. The molecule has 1 atom stereocenters. The number of ketones is 1. The van der Waals surface area contributed by atoms with Crippen LogP contribution in [0.15, 0.2) is 54.6 Å². The smallest absolute Gasteiger partial charge is 0.306 e. The molecular formula is C23H26N2O5. The van der Waals surface area contributed by atoms with E-state index >= 15 is 0 Å². The first-order chi connectivity index (χ1) is 14.3. The average Bonchev–Trinajstić information content (AvgIpc) is 2.73. The summed E-state index contributed by atoms with van der Waals surface area (Å²) in [5, 5.41) is 5.47. The number of hydrogen-bond acceptors (Lipinski definition) is 5. The molecule has 0 bridgehead atoms. The summed E-state index contributed by atoms with van der Waals surface area (Å²) >= 11 is 0. The summed E-state index contributed by atoms with van der Waals surface area (Å²) in [5.41, 5.74) is 2.11. The molecule has 7 nitrogen and oxygen atoms in total. The Morgan fingerprint density at radius 3 is 2.20 bits per heavy atom. The molecule has 7 heteroatoms. The van der Waals surface area contributed by atoms with Crippen molar-refractivity contribution in [2.45, 2.75) is 39.2 Å². The van der Waals surface area contributed by atoms with Crippen LogP contribution in [0, 0.1) is 0 Å². The van der Waals surface area contributed by atoms with E-state index in [0.717, 1.165) is 5.56 Å². The Morgan fingerprint density at radius 2 is 1.57 bits per heavy atom. The minimum absolute atomic E-state index is 0.0399. The maximum Gasteiger partial charge on any atom is 0.306 e. The molecule has 2 aromatic carbocycles. The number of amides is 2. The van der Waals surface area contributed by atoms with E-state index in [9.17, 15) is 19.2 Å². The molecule has 0 saturated carbocycles. The van der Waals surface area contributed by atoms with Crippen LogP contribution in [-0.2, 0) is 19.1 Å². The standard InChI is InChI=1S/C23H26N2O5/c1-16(18-7-4-3-5-8-18)24-22(28)15-30-23(29)10-6-9-21(27)25-20-13-11-19(12-14-20)17(2)26/h3-5,7-8,11-14,16H,6,9-10,15H2,1-2H3,(H,24,28)(H,25,27)/t16-/m0/s1. The van der Waals surface area contributed by atoms with Crippen LogP contribution in [0.4, 0.5) is 5.69 Å². The average molecular weight is 410 g/mol. The van der Waals surface area contributed by atoms with Gasteiger partial charge >= 0.3 is 5.97 Å². The summed E-state index contributed by atoms with van der Waals surface area (Å²) in [4.78, 5) is 46.9. The highest BCUT2D eigenvalue weighted by Gasteiger charge is 2.12. The van der Waals surface area contributed by atoms with Crippen LogP contribution >= 0.6 is 0 Å². The minimum atomic E-state index is -0.531. The van der Waals surface area contributed by atoms with Crippen LogP contribution in [0.25, 0.3) is 0 Å². The van der Waals surface area contributed by atoms with Gasteiger partial charge in [0.25, 0.3) is 5.91 Å². The fraction of sp³-hybridized carbons (Fsp3) is 0.304. The zero-order valence-electron chi connectivity index (χ0n) is 17.1. The van der Waals surface area contributed by atoms with Crippen LogP contribution in [0.1, 0.15) is 55.1 Å². The van der Waals surface area contributed by atoms with Gasteiger partial charge in [0.15, 0.2) is 12.4 Å². The van der Waals surface area contributed by atoms with Crippen molar-refractivity contribution in [3.63, 3.8) is 0 Å². The van der Waals surface area contributed by atoms with E-state index in [1.54, 1.807) is 24.3 Å². The van der Waals surface area contributed by atoms with Crippen molar-refractivity contribution in [1.29, 1.82) is 0 Å². The second-order valence-corrected chi connectivity index (χ2v) is 6.90. The quantitative estimate of drug-likeness (QED) is 0.462. The maximum absolute atomic E-state index is 11.9. The number of esters is 1. The molecule has 0 aliphatic rings. The number of Topliss-reactive ketones (excluding diaryl/α,β-unsaturated/α-hetero) is 1. The molecule has 0 saturated heterocycles. The molecule has 2 rings (SSSR count). The summed E-state index contributed by atoms with van der Waals surface area (Å²) in [7, 11) is 0. The van der Waals surface area contributed by atoms with Crippen LogP contribution in [-0.4, -0.2) is 30.2 Å². The molecular weight excluding hydrogens is 384 g/mol. The van der Waals surface area contributed by atoms with Crippen molar-refractivity contribution >= 4 is 29.3 Å². The Bertz CT molecular complexity index is 878. The third-order valence-electron chi connectivity index (χ3n) is 4.40. The zero-order valence-corrected chi connectivity index (χ0v) is 17.1. The highest BCUT2D eigenvalue weighted by Crippen LogP contribution is 2.12. The van der Waals surface area contributed by atoms with E-state index in [1.165, 1.54) is 6.92 Å². The molecule has 0 aliphatic carbocycles. The largest absolute Gasteiger partial charge is 0.456 e. The van der Waals surface area contributed by atoms with Gasteiger partial charge in [0.05, 0.1) is 6.04 Å². The van der Waals surface area contributed by atoms with Gasteiger partial charge in [0.2, 0.25) is 5.91 Å². The SMILES string of the molecule is CC(=O)c1ccc(NC(=O)CCCC(=O)OCC(=O)N[C@@H](C)c2ccccc2)cc1. The van der Waals surface area contributed by atoms with Crippen molar-refractivity contribution in [1.82, 2.24) is 5.32 Å². The number of anilines is 1. The number of ether oxygens (including phenoxy) is 1. The van der Waals surface area contributed by atoms with E-state index in [0.29, 0.717) is 17.7 Å². The third-order valence-corrected chi connectivity index (χ3v) is 4.40. The maximum atomic E-state index is 11.9. The molecule has 158 valence electrons. The number of hydrogen-bond donors (Lipinski definition) is 2. The fourth-order valence-electron chi connectivity index (χ4n) is 2.73. The van der Waals surface area contributed by atoms with Crippen molar-refractivity contribution in [2.24, 2.45) is 0 Å². The molecule has 30 heavy (non-hydrogen) atoms. The van der Waals surface area contributed by atoms with Crippen molar-refractivity contribution in [3.05, 3.63) is 65.7 Å². The van der Waals surface area contributed by atoms with Gasteiger partial charge in [-0.1, -0.05) is 30.3 Å². The van der Waals surface area contributed by atoms with E-state index in [2.05, 4.69) is 10.6 Å². The van der Waals surface area contributed by atoms with E-state index < -0.39 is 5.97 Å². The Morgan fingerprint density at radius 1 is 0.900 bits per heavy atom. The molecule has 0 aromatic heterocycles. The molecule has 0 spiro atoms. The van der Waals surface area contributed by atoms with Gasteiger partial charge in [-0.15, -0.1) is 0 Å². The van der Waals surface area contributed by atoms with Gasteiger partial charge < -0.3 is 15.4 Å². The molecule has 0 unspecified atom stereocenters. The Labute approximate surface area is 175 Å². The number of carbonyl (C=O) groups is 4. The Balaban J connectivity index is 1.62. The normalized spacial score (nSPS) is 11.3. The van der Waals surface area contributed by atoms with Gasteiger partial charge in [-0.2, -0.15) is 0 Å². The van der Waals surface area contributed by atoms with Crippen LogP contribution in [0.5, 0.6) is 0 Å². The summed E-state index contributed by atoms with van der Waals surface area (Å²) in [6.07, 6.45) is 0.483. The highest BCUT2D eigenvalue weighted by molar-refractivity contribution is 5.95. The van der Waals surface area contributed by atoms with Gasteiger partial charge in [0, 0.05) is 24.1 Å². The fourth-order valence-corrected chi connectivity index (χ4v) is 2.73. The van der Waals surface area contributed by atoms with Gasteiger partial charge in [-0.25, -0.2) is 0 Å². The van der Waals surface area contributed by atoms with Gasteiger partial charge in [0.1, 0.15) is 0 Å². The molecule has 2 N–H and O–H groups in total. The first-order valence-electron chi connectivity index (χ1n) is 9.76. The topological polar surface area (TPSA) is 102 Å². The monoisotopic (exact) mass is 410 g/mol. The second kappa shape index (κ2) is 11.5. The van der Waals surface area contributed by atoms with E-state index in [-0.39, 0.29) is 43.1 Å². The molecule has 0 aliphatic heterocycles. The highest BCUT2D eigenvalue weighted by atomic mass is 16.5.